The average molecular weight is 871 g/mol. The number of hydrogen-bond acceptors (Lipinski definition) is 5. The zero-order chi connectivity index (χ0) is 45.2. The third-order valence-electron chi connectivity index (χ3n) is 12.5. The van der Waals surface area contributed by atoms with Gasteiger partial charge < -0.3 is 9.32 Å². The van der Waals surface area contributed by atoms with Crippen LogP contribution < -0.4 is 4.90 Å². The second-order valence-corrected chi connectivity index (χ2v) is 16.8. The van der Waals surface area contributed by atoms with Crippen LogP contribution in [0.2, 0.25) is 0 Å². The number of furan rings is 1. The summed E-state index contributed by atoms with van der Waals surface area (Å²) in [6, 6.07) is 88.9. The van der Waals surface area contributed by atoms with Gasteiger partial charge in [0.05, 0.1) is 16.8 Å². The van der Waals surface area contributed by atoms with Crippen molar-refractivity contribution in [3.63, 3.8) is 0 Å². The van der Waals surface area contributed by atoms with Crippen LogP contribution in [0.4, 0.5) is 17.1 Å². The van der Waals surface area contributed by atoms with Gasteiger partial charge in [-0.25, -0.2) is 15.0 Å². The molecule has 12 aromatic rings. The highest BCUT2D eigenvalue weighted by Crippen LogP contribution is 2.51. The lowest BCUT2D eigenvalue weighted by molar-refractivity contribution is 0.669. The number of nitrogens with zero attached hydrogens (tertiary/aromatic N) is 4. The predicted molar refractivity (Wildman–Crippen MR) is 280 cm³/mol. The van der Waals surface area contributed by atoms with Crippen LogP contribution in [0.1, 0.15) is 0 Å². The normalized spacial score (nSPS) is 11.2. The summed E-state index contributed by atoms with van der Waals surface area (Å²) in [6.07, 6.45) is 0. The van der Waals surface area contributed by atoms with E-state index < -0.39 is 0 Å². The Bertz CT molecular complexity index is 3590. The highest BCUT2D eigenvalue weighted by Gasteiger charge is 2.27. The van der Waals surface area contributed by atoms with Gasteiger partial charge in [-0.2, -0.15) is 0 Å². The van der Waals surface area contributed by atoms with E-state index in [0.717, 1.165) is 100 Å². The van der Waals surface area contributed by atoms with Crippen LogP contribution in [-0.4, -0.2) is 15.0 Å². The van der Waals surface area contributed by atoms with Gasteiger partial charge in [-0.1, -0.05) is 194 Å². The van der Waals surface area contributed by atoms with Crippen molar-refractivity contribution in [1.82, 2.24) is 15.0 Å². The van der Waals surface area contributed by atoms with Crippen LogP contribution in [0.25, 0.3) is 101 Å². The molecule has 0 saturated heterocycles. The minimum Gasteiger partial charge on any atom is -0.456 e. The Morgan fingerprint density at radius 1 is 0.294 bits per heavy atom. The van der Waals surface area contributed by atoms with E-state index >= 15 is 0 Å². The summed E-state index contributed by atoms with van der Waals surface area (Å²) in [7, 11) is 0. The van der Waals surface area contributed by atoms with Crippen molar-refractivity contribution in [2.24, 2.45) is 0 Å². The first-order valence-electron chi connectivity index (χ1n) is 22.8. The minimum absolute atomic E-state index is 0.565. The summed E-state index contributed by atoms with van der Waals surface area (Å²) >= 11 is 0. The summed E-state index contributed by atoms with van der Waals surface area (Å²) in [4.78, 5) is 18.5. The fraction of sp³-hybridized carbons (Fsp3) is 0. The Labute approximate surface area is 395 Å². The molecule has 0 saturated carbocycles. The Morgan fingerprint density at radius 2 is 0.691 bits per heavy atom. The van der Waals surface area contributed by atoms with E-state index in [1.807, 2.05) is 42.5 Å². The van der Waals surface area contributed by atoms with Gasteiger partial charge in [-0.05, 0) is 94.0 Å². The molecule has 68 heavy (non-hydrogen) atoms. The Morgan fingerprint density at radius 3 is 1.22 bits per heavy atom. The number of para-hydroxylation sites is 2. The molecule has 0 bridgehead atoms. The van der Waals surface area contributed by atoms with Gasteiger partial charge in [0.25, 0.3) is 0 Å². The molecule has 12 rings (SSSR count). The van der Waals surface area contributed by atoms with Gasteiger partial charge in [0.1, 0.15) is 11.2 Å². The largest absolute Gasteiger partial charge is 0.456 e. The van der Waals surface area contributed by atoms with Crippen molar-refractivity contribution in [3.8, 4) is 78.7 Å². The zero-order valence-corrected chi connectivity index (χ0v) is 36.9. The summed E-state index contributed by atoms with van der Waals surface area (Å²) in [5, 5.41) is 2.09. The molecule has 0 spiro atoms. The maximum absolute atomic E-state index is 6.53. The smallest absolute Gasteiger partial charge is 0.164 e. The van der Waals surface area contributed by atoms with Gasteiger partial charge in [-0.15, -0.1) is 0 Å². The van der Waals surface area contributed by atoms with Crippen molar-refractivity contribution >= 4 is 39.0 Å². The number of hydrogen-bond donors (Lipinski definition) is 0. The quantitative estimate of drug-likeness (QED) is 0.137. The van der Waals surface area contributed by atoms with E-state index in [-0.39, 0.29) is 0 Å². The van der Waals surface area contributed by atoms with Gasteiger partial charge in [0.15, 0.2) is 17.5 Å². The molecule has 0 unspecified atom stereocenters. The van der Waals surface area contributed by atoms with E-state index in [9.17, 15) is 0 Å². The Kier molecular flexibility index (Phi) is 10.5. The predicted octanol–water partition coefficient (Wildman–Crippen LogP) is 16.9. The maximum atomic E-state index is 6.53. The molecule has 0 radical (unpaired) electrons. The van der Waals surface area contributed by atoms with E-state index in [1.54, 1.807) is 0 Å². The number of benzene rings is 10. The van der Waals surface area contributed by atoms with Crippen LogP contribution in [0, 0.1) is 0 Å². The molecular weight excluding hydrogens is 829 g/mol. The molecule has 0 aliphatic carbocycles. The average Bonchev–Trinajstić information content (AvgIpc) is 3.82. The van der Waals surface area contributed by atoms with Crippen molar-refractivity contribution in [1.29, 1.82) is 0 Å². The lowest BCUT2D eigenvalue weighted by Gasteiger charge is -2.31. The number of fused-ring (bicyclic) bond motifs is 3. The SMILES string of the molecule is c1ccc(-c2cc(-c3ccccc3)cc(-c3nc(-c4ccccc4)nc(-c4cc(-c5ccccc5)c(N(c5ccccc5)c5cccc6oc7ccccc7c56)c(-c5ccccc5)c4)n3)c2)cc1. The molecule has 5 nitrogen and oxygen atoms in total. The standard InChI is InChI=1S/C63H42N4O/c1-7-22-43(23-8-1)48-38-49(44-24-9-2-10-25-44)40-50(39-48)62-64-61(47-30-15-5-16-31-47)65-63(66-62)51-41-54(45-26-11-3-12-27-45)60(55(42-51)46-28-13-4-14-29-46)67(52-32-17-6-18-33-52)56-35-21-37-58-59(56)53-34-19-20-36-57(53)68-58/h1-42H. The molecule has 2 aromatic heterocycles. The first-order chi connectivity index (χ1) is 33.7. The molecule has 0 N–H and O–H groups in total. The molecular formula is C63H42N4O. The molecule has 0 aliphatic rings. The number of aromatic nitrogens is 3. The molecule has 0 atom stereocenters. The zero-order valence-electron chi connectivity index (χ0n) is 36.9. The summed E-state index contributed by atoms with van der Waals surface area (Å²) < 4.78 is 6.53. The molecule has 0 fully saturated rings. The molecule has 0 amide bonds. The summed E-state index contributed by atoms with van der Waals surface area (Å²) in [5.41, 5.74) is 15.8. The minimum atomic E-state index is 0.565. The van der Waals surface area contributed by atoms with Gasteiger partial charge in [-0.3, -0.25) is 0 Å². The van der Waals surface area contributed by atoms with Crippen LogP contribution >= 0.6 is 0 Å². The van der Waals surface area contributed by atoms with Crippen molar-refractivity contribution in [2.45, 2.75) is 0 Å². The highest BCUT2D eigenvalue weighted by molar-refractivity contribution is 6.15. The van der Waals surface area contributed by atoms with E-state index in [0.29, 0.717) is 17.5 Å². The summed E-state index contributed by atoms with van der Waals surface area (Å²) in [6.45, 7) is 0. The second-order valence-electron chi connectivity index (χ2n) is 16.8. The fourth-order valence-electron chi connectivity index (χ4n) is 9.29. The summed E-state index contributed by atoms with van der Waals surface area (Å²) in [5.74, 6) is 1.74. The number of rotatable bonds is 10. The first-order valence-corrected chi connectivity index (χ1v) is 22.8. The van der Waals surface area contributed by atoms with Gasteiger partial charge >= 0.3 is 0 Å². The third-order valence-corrected chi connectivity index (χ3v) is 12.5. The van der Waals surface area contributed by atoms with E-state index in [4.69, 9.17) is 19.4 Å². The van der Waals surface area contributed by atoms with Gasteiger partial charge in [0, 0.05) is 38.9 Å². The number of anilines is 3. The Hall–Kier alpha value is -9.19. The topological polar surface area (TPSA) is 55.1 Å². The lowest BCUT2D eigenvalue weighted by atomic mass is 9.91. The van der Waals surface area contributed by atoms with Crippen molar-refractivity contribution in [3.05, 3.63) is 255 Å². The molecule has 2 heterocycles. The van der Waals surface area contributed by atoms with E-state index in [1.165, 1.54) is 0 Å². The van der Waals surface area contributed by atoms with E-state index in [2.05, 4.69) is 217 Å². The highest BCUT2D eigenvalue weighted by atomic mass is 16.3. The van der Waals surface area contributed by atoms with Crippen molar-refractivity contribution in [2.75, 3.05) is 4.90 Å². The lowest BCUT2D eigenvalue weighted by Crippen LogP contribution is -2.13. The monoisotopic (exact) mass is 870 g/mol. The fourth-order valence-corrected chi connectivity index (χ4v) is 9.29. The first kappa shape index (κ1) is 40.3. The Balaban J connectivity index is 1.16. The molecule has 5 heteroatoms. The van der Waals surface area contributed by atoms with Crippen LogP contribution in [0.15, 0.2) is 259 Å². The van der Waals surface area contributed by atoms with Crippen LogP contribution in [-0.2, 0) is 0 Å². The maximum Gasteiger partial charge on any atom is 0.164 e. The molecule has 320 valence electrons. The second kappa shape index (κ2) is 17.7. The molecule has 10 aromatic carbocycles. The van der Waals surface area contributed by atoms with Crippen LogP contribution in [0.5, 0.6) is 0 Å². The van der Waals surface area contributed by atoms with Gasteiger partial charge in [0.2, 0.25) is 0 Å². The van der Waals surface area contributed by atoms with Crippen LogP contribution in [0.3, 0.4) is 0 Å². The van der Waals surface area contributed by atoms with Crippen molar-refractivity contribution < 1.29 is 4.42 Å². The third kappa shape index (κ3) is 7.68. The molecule has 0 aliphatic heterocycles.